The molecule has 0 spiro atoms. The summed E-state index contributed by atoms with van der Waals surface area (Å²) >= 11 is 1.75. The van der Waals surface area contributed by atoms with Gasteiger partial charge in [-0.15, -0.1) is 0 Å². The van der Waals surface area contributed by atoms with Crippen LogP contribution in [-0.2, 0) is 10.5 Å². The predicted molar refractivity (Wildman–Crippen MR) is 119 cm³/mol. The Bertz CT molecular complexity index is 927. The maximum absolute atomic E-state index is 14.6. The summed E-state index contributed by atoms with van der Waals surface area (Å²) in [6.45, 7) is 4.81. The minimum atomic E-state index is -0.609. The zero-order valence-corrected chi connectivity index (χ0v) is 18.5. The van der Waals surface area contributed by atoms with E-state index in [4.69, 9.17) is 14.6 Å². The summed E-state index contributed by atoms with van der Waals surface area (Å²) in [5.74, 6) is 1.33. The number of benzene rings is 1. The lowest BCUT2D eigenvalue weighted by atomic mass is 9.98. The lowest BCUT2D eigenvalue weighted by Gasteiger charge is -2.31. The molecule has 2 N–H and O–H groups in total. The first kappa shape index (κ1) is 22.5. The topological polar surface area (TPSA) is 87.7 Å². The largest absolute Gasteiger partial charge is 0.493 e. The van der Waals surface area contributed by atoms with Crippen LogP contribution in [0.3, 0.4) is 0 Å². The lowest BCUT2D eigenvalue weighted by Crippen LogP contribution is -2.37. The van der Waals surface area contributed by atoms with E-state index in [2.05, 4.69) is 14.9 Å². The number of piperidine rings is 1. The van der Waals surface area contributed by atoms with Gasteiger partial charge in [0.15, 0.2) is 0 Å². The van der Waals surface area contributed by atoms with Crippen molar-refractivity contribution in [1.29, 1.82) is 0 Å². The highest BCUT2D eigenvalue weighted by atomic mass is 32.2. The second kappa shape index (κ2) is 10.8. The second-order valence-corrected chi connectivity index (χ2v) is 9.54. The van der Waals surface area contributed by atoms with E-state index in [1.807, 2.05) is 0 Å². The molecule has 0 aliphatic carbocycles. The number of H-pyrrole nitrogens is 1. The van der Waals surface area contributed by atoms with Crippen LogP contribution in [0.1, 0.15) is 31.5 Å². The Kier molecular flexibility index (Phi) is 7.81. The summed E-state index contributed by atoms with van der Waals surface area (Å²) in [5.41, 5.74) is -0.119. The Morgan fingerprint density at radius 2 is 2.03 bits per heavy atom. The summed E-state index contributed by atoms with van der Waals surface area (Å²) in [6.07, 6.45) is 3.96. The summed E-state index contributed by atoms with van der Waals surface area (Å²) in [4.78, 5) is 21.9. The van der Waals surface area contributed by atoms with Crippen LogP contribution >= 0.6 is 11.8 Å². The van der Waals surface area contributed by atoms with E-state index < -0.39 is 11.4 Å². The van der Waals surface area contributed by atoms with Gasteiger partial charge in [0.2, 0.25) is 0 Å². The summed E-state index contributed by atoms with van der Waals surface area (Å²) < 4.78 is 25.9. The monoisotopic (exact) mass is 451 g/mol. The van der Waals surface area contributed by atoms with Gasteiger partial charge in [-0.2, -0.15) is 11.8 Å². The maximum atomic E-state index is 14.6. The number of nitrogens with one attached hydrogen (secondary N) is 1. The van der Waals surface area contributed by atoms with Crippen molar-refractivity contribution in [2.24, 2.45) is 5.92 Å². The van der Waals surface area contributed by atoms with E-state index >= 15 is 0 Å². The number of ether oxygens (including phenoxy) is 2. The normalized spacial score (nSPS) is 19.2. The van der Waals surface area contributed by atoms with Gasteiger partial charge >= 0.3 is 0 Å². The molecule has 0 atom stereocenters. The number of thioether (sulfide) groups is 1. The lowest BCUT2D eigenvalue weighted by molar-refractivity contribution is 0.1000. The SMILES string of the molecule is O=c1[nH]c(CSC2CCOCC2)nc2cc(OCC3CCN(CCO)CC3)cc(F)c12. The number of likely N-dealkylation sites (tertiary alicyclic amines) is 1. The molecule has 0 bridgehead atoms. The fourth-order valence-electron chi connectivity index (χ4n) is 4.17. The molecule has 1 aromatic heterocycles. The predicted octanol–water partition coefficient (Wildman–Crippen LogP) is 2.56. The van der Waals surface area contributed by atoms with Crippen molar-refractivity contribution < 1.29 is 19.0 Å². The van der Waals surface area contributed by atoms with E-state index in [1.54, 1.807) is 17.8 Å². The second-order valence-electron chi connectivity index (χ2n) is 8.25. The van der Waals surface area contributed by atoms with Crippen LogP contribution in [0.25, 0.3) is 10.9 Å². The third kappa shape index (κ3) is 5.97. The van der Waals surface area contributed by atoms with Crippen LogP contribution in [-0.4, -0.2) is 71.3 Å². The number of β-amino-alcohol motifs (C(OH)–C–C–N with tert-alkyl or cyclic N) is 1. The molecule has 2 fully saturated rings. The van der Waals surface area contributed by atoms with Crippen LogP contribution in [0, 0.1) is 11.7 Å². The quantitative estimate of drug-likeness (QED) is 0.638. The van der Waals surface area contributed by atoms with Gasteiger partial charge in [0.05, 0.1) is 24.5 Å². The van der Waals surface area contributed by atoms with Gasteiger partial charge in [0.1, 0.15) is 22.8 Å². The van der Waals surface area contributed by atoms with E-state index in [1.165, 1.54) is 6.07 Å². The van der Waals surface area contributed by atoms with Crippen LogP contribution < -0.4 is 10.3 Å². The zero-order valence-electron chi connectivity index (χ0n) is 17.6. The number of aromatic amines is 1. The van der Waals surface area contributed by atoms with E-state index in [0.717, 1.165) is 52.0 Å². The van der Waals surface area contributed by atoms with E-state index in [-0.39, 0.29) is 12.0 Å². The molecular formula is C22H30FN3O4S. The molecule has 2 aliphatic heterocycles. The molecule has 170 valence electrons. The van der Waals surface area contributed by atoms with Gasteiger partial charge in [0.25, 0.3) is 5.56 Å². The molecule has 0 saturated carbocycles. The van der Waals surface area contributed by atoms with E-state index in [0.29, 0.717) is 47.2 Å². The number of aliphatic hydroxyl groups excluding tert-OH is 1. The third-order valence-electron chi connectivity index (χ3n) is 6.02. The number of halogens is 1. The molecule has 0 amide bonds. The highest BCUT2D eigenvalue weighted by Crippen LogP contribution is 2.26. The first-order valence-electron chi connectivity index (χ1n) is 11.0. The third-order valence-corrected chi connectivity index (χ3v) is 7.40. The Hall–Kier alpha value is -1.68. The number of hydrogen-bond acceptors (Lipinski definition) is 7. The zero-order chi connectivity index (χ0) is 21.6. The first-order valence-corrected chi connectivity index (χ1v) is 12.0. The molecule has 2 aromatic rings. The highest BCUT2D eigenvalue weighted by molar-refractivity contribution is 7.99. The van der Waals surface area contributed by atoms with Crippen LogP contribution in [0.2, 0.25) is 0 Å². The van der Waals surface area contributed by atoms with Crippen LogP contribution in [0.5, 0.6) is 5.75 Å². The Morgan fingerprint density at radius 1 is 1.26 bits per heavy atom. The number of aromatic nitrogens is 2. The van der Waals surface area contributed by atoms with Crippen molar-refractivity contribution >= 4 is 22.7 Å². The summed E-state index contributed by atoms with van der Waals surface area (Å²) in [6, 6.07) is 2.94. The molecular weight excluding hydrogens is 421 g/mol. The maximum Gasteiger partial charge on any atom is 0.261 e. The molecule has 1 aromatic carbocycles. The summed E-state index contributed by atoms with van der Waals surface area (Å²) in [7, 11) is 0. The van der Waals surface area contributed by atoms with Gasteiger partial charge in [-0.25, -0.2) is 9.37 Å². The standard InChI is InChI=1S/C22H30FN3O4S/c23-18-11-16(30-13-15-1-5-26(6-2-15)7-8-27)12-19-21(18)22(28)25-20(24-19)14-31-17-3-9-29-10-4-17/h11-12,15,17,27H,1-10,13-14H2,(H,24,25,28). The van der Waals surface area contributed by atoms with Crippen molar-refractivity contribution in [2.45, 2.75) is 36.7 Å². The Morgan fingerprint density at radius 3 is 2.77 bits per heavy atom. The van der Waals surface area contributed by atoms with Gasteiger partial charge in [-0.05, 0) is 44.7 Å². The minimum Gasteiger partial charge on any atom is -0.493 e. The van der Waals surface area contributed by atoms with Crippen LogP contribution in [0.15, 0.2) is 16.9 Å². The Balaban J connectivity index is 1.40. The van der Waals surface area contributed by atoms with Gasteiger partial charge in [0, 0.05) is 37.1 Å². The average Bonchev–Trinajstić information content (AvgIpc) is 2.78. The fourth-order valence-corrected chi connectivity index (χ4v) is 5.23. The minimum absolute atomic E-state index is 0.0236. The molecule has 3 heterocycles. The molecule has 0 radical (unpaired) electrons. The average molecular weight is 452 g/mol. The molecule has 2 saturated heterocycles. The molecule has 4 rings (SSSR count). The fraction of sp³-hybridized carbons (Fsp3) is 0.636. The smallest absolute Gasteiger partial charge is 0.261 e. The Labute approximate surface area is 185 Å². The van der Waals surface area contributed by atoms with Gasteiger partial charge in [-0.1, -0.05) is 0 Å². The number of nitrogens with zero attached hydrogens (tertiary/aromatic N) is 2. The van der Waals surface area contributed by atoms with Crippen molar-refractivity contribution in [3.05, 3.63) is 34.1 Å². The first-order chi connectivity index (χ1) is 15.1. The van der Waals surface area contributed by atoms with Crippen molar-refractivity contribution in [1.82, 2.24) is 14.9 Å². The molecule has 9 heteroatoms. The molecule has 2 aliphatic rings. The van der Waals surface area contributed by atoms with Crippen molar-refractivity contribution in [3.63, 3.8) is 0 Å². The highest BCUT2D eigenvalue weighted by Gasteiger charge is 2.20. The van der Waals surface area contributed by atoms with E-state index in [9.17, 15) is 9.18 Å². The van der Waals surface area contributed by atoms with Gasteiger partial charge < -0.3 is 24.5 Å². The van der Waals surface area contributed by atoms with Crippen molar-refractivity contribution in [2.75, 3.05) is 46.1 Å². The van der Waals surface area contributed by atoms with Gasteiger partial charge in [-0.3, -0.25) is 4.79 Å². The van der Waals surface area contributed by atoms with Crippen LogP contribution in [0.4, 0.5) is 4.39 Å². The number of fused-ring (bicyclic) bond motifs is 1. The summed E-state index contributed by atoms with van der Waals surface area (Å²) in [5, 5.41) is 9.52. The molecule has 7 nitrogen and oxygen atoms in total. The number of hydrogen-bond donors (Lipinski definition) is 2. The number of aliphatic hydroxyl groups is 1. The van der Waals surface area contributed by atoms with Crippen molar-refractivity contribution in [3.8, 4) is 5.75 Å². The molecule has 0 unspecified atom stereocenters. The number of rotatable bonds is 8. The molecule has 31 heavy (non-hydrogen) atoms.